The average molecular weight is 349 g/mol. The van der Waals surface area contributed by atoms with Gasteiger partial charge in [-0.25, -0.2) is 0 Å². The smallest absolute Gasteiger partial charge is 0.244 e. The summed E-state index contributed by atoms with van der Waals surface area (Å²) in [7, 11) is -2.04. The highest BCUT2D eigenvalue weighted by molar-refractivity contribution is 6.70. The van der Waals surface area contributed by atoms with Crippen molar-refractivity contribution >= 4 is 14.1 Å². The fourth-order valence-electron chi connectivity index (χ4n) is 2.72. The number of Topliss-reactive ketones (excluding diaryl/α,β-unsaturated/α-hetero) is 1. The van der Waals surface area contributed by atoms with Crippen LogP contribution in [0, 0.1) is 0 Å². The molecule has 0 amide bonds. The molecular formula is C19H28O4Si. The average Bonchev–Trinajstić information content (AvgIpc) is 2.48. The number of ketones is 1. The van der Waals surface area contributed by atoms with Crippen LogP contribution >= 0.6 is 0 Å². The molecule has 0 heterocycles. The van der Waals surface area contributed by atoms with E-state index in [1.807, 2.05) is 58.0 Å². The number of rotatable bonds is 7. The Balaban J connectivity index is 2.60. The molecule has 132 valence electrons. The molecule has 5 heteroatoms. The van der Waals surface area contributed by atoms with Gasteiger partial charge in [-0.05, 0) is 52.9 Å². The first kappa shape index (κ1) is 18.7. The Hall–Kier alpha value is -1.59. The summed E-state index contributed by atoms with van der Waals surface area (Å²) in [5, 5.41) is 0. The van der Waals surface area contributed by atoms with Crippen LogP contribution in [0.4, 0.5) is 0 Å². The van der Waals surface area contributed by atoms with Gasteiger partial charge in [-0.3, -0.25) is 4.79 Å². The zero-order valence-corrected chi connectivity index (χ0v) is 16.7. The van der Waals surface area contributed by atoms with Crippen LogP contribution in [0.3, 0.4) is 0 Å². The molecule has 0 saturated heterocycles. The molecule has 2 rings (SSSR count). The monoisotopic (exact) mass is 348 g/mol. The molecule has 0 aromatic heterocycles. The van der Waals surface area contributed by atoms with E-state index in [0.29, 0.717) is 11.5 Å². The van der Waals surface area contributed by atoms with E-state index in [-0.39, 0.29) is 18.0 Å². The number of carbonyl (C=O) groups excluding carboxylic acids is 1. The lowest BCUT2D eigenvalue weighted by molar-refractivity contribution is -0.149. The van der Waals surface area contributed by atoms with Gasteiger partial charge >= 0.3 is 0 Å². The van der Waals surface area contributed by atoms with E-state index in [1.54, 1.807) is 0 Å². The Labute approximate surface area is 145 Å². The number of carbonyl (C=O) groups is 1. The van der Waals surface area contributed by atoms with E-state index in [4.69, 9.17) is 13.9 Å². The van der Waals surface area contributed by atoms with Crippen LogP contribution in [-0.2, 0) is 24.3 Å². The van der Waals surface area contributed by atoms with Crippen LogP contribution in [0.2, 0.25) is 19.6 Å². The van der Waals surface area contributed by atoms with Gasteiger partial charge in [-0.1, -0.05) is 30.3 Å². The molecule has 1 aromatic rings. The minimum atomic E-state index is -2.04. The molecule has 4 nitrogen and oxygen atoms in total. The van der Waals surface area contributed by atoms with Gasteiger partial charge in [0.15, 0.2) is 14.1 Å². The number of hydrogen-bond acceptors (Lipinski definition) is 4. The van der Waals surface area contributed by atoms with Crippen LogP contribution < -0.4 is 0 Å². The first-order valence-electron chi connectivity index (χ1n) is 8.46. The minimum Gasteiger partial charge on any atom is -0.487 e. The lowest BCUT2D eigenvalue weighted by Crippen LogP contribution is -2.56. The van der Waals surface area contributed by atoms with Gasteiger partial charge in [0.05, 0.1) is 12.2 Å². The molecule has 24 heavy (non-hydrogen) atoms. The van der Waals surface area contributed by atoms with Crippen molar-refractivity contribution in [2.45, 2.75) is 65.1 Å². The summed E-state index contributed by atoms with van der Waals surface area (Å²) in [5.74, 6) is 0.645. The molecule has 0 spiro atoms. The SMILES string of the molecule is CC(C)OC1=C(OC(C)C)C(O[Si](C)(C)C)(c2ccccc2)C1=O. The lowest BCUT2D eigenvalue weighted by Gasteiger charge is -2.46. The van der Waals surface area contributed by atoms with Crippen molar-refractivity contribution in [1.82, 2.24) is 0 Å². The number of ether oxygens (including phenoxy) is 2. The second-order valence-corrected chi connectivity index (χ2v) is 12.0. The Morgan fingerprint density at radius 3 is 1.92 bits per heavy atom. The van der Waals surface area contributed by atoms with Crippen molar-refractivity contribution in [3.05, 3.63) is 47.4 Å². The van der Waals surface area contributed by atoms with Crippen molar-refractivity contribution in [3.8, 4) is 0 Å². The molecule has 1 atom stereocenters. The van der Waals surface area contributed by atoms with E-state index in [1.165, 1.54) is 0 Å². The maximum atomic E-state index is 13.1. The predicted molar refractivity (Wildman–Crippen MR) is 97.0 cm³/mol. The van der Waals surface area contributed by atoms with E-state index < -0.39 is 13.9 Å². The van der Waals surface area contributed by atoms with Gasteiger partial charge in [0.1, 0.15) is 0 Å². The maximum Gasteiger partial charge on any atom is 0.244 e. The summed E-state index contributed by atoms with van der Waals surface area (Å²) in [6.07, 6.45) is -0.178. The molecule has 0 bridgehead atoms. The molecule has 1 aliphatic rings. The molecule has 0 radical (unpaired) electrons. The first-order valence-corrected chi connectivity index (χ1v) is 11.9. The van der Waals surface area contributed by atoms with Crippen molar-refractivity contribution in [3.63, 3.8) is 0 Å². The predicted octanol–water partition coefficient (Wildman–Crippen LogP) is 4.38. The van der Waals surface area contributed by atoms with Gasteiger partial charge in [0.25, 0.3) is 0 Å². The van der Waals surface area contributed by atoms with Crippen LogP contribution in [0.5, 0.6) is 0 Å². The Morgan fingerprint density at radius 1 is 0.917 bits per heavy atom. The third-order valence-electron chi connectivity index (χ3n) is 3.40. The van der Waals surface area contributed by atoms with Gasteiger partial charge in [0.2, 0.25) is 17.1 Å². The summed E-state index contributed by atoms with van der Waals surface area (Å²) in [6.45, 7) is 13.9. The second-order valence-electron chi connectivity index (χ2n) is 7.58. The largest absolute Gasteiger partial charge is 0.487 e. The maximum absolute atomic E-state index is 13.1. The Morgan fingerprint density at radius 2 is 1.46 bits per heavy atom. The summed E-state index contributed by atoms with van der Waals surface area (Å²) in [4.78, 5) is 13.1. The van der Waals surface area contributed by atoms with Crippen molar-refractivity contribution in [2.24, 2.45) is 0 Å². The number of benzene rings is 1. The molecule has 1 aliphatic carbocycles. The summed E-state index contributed by atoms with van der Waals surface area (Å²) >= 11 is 0. The van der Waals surface area contributed by atoms with Crippen LogP contribution in [0.25, 0.3) is 0 Å². The second kappa shape index (κ2) is 6.73. The van der Waals surface area contributed by atoms with Crippen molar-refractivity contribution in [2.75, 3.05) is 0 Å². The molecule has 1 unspecified atom stereocenters. The van der Waals surface area contributed by atoms with Gasteiger partial charge in [0, 0.05) is 0 Å². The van der Waals surface area contributed by atoms with Gasteiger partial charge < -0.3 is 13.9 Å². The van der Waals surface area contributed by atoms with Crippen molar-refractivity contribution < 1.29 is 18.7 Å². The highest BCUT2D eigenvalue weighted by Gasteiger charge is 2.61. The third kappa shape index (κ3) is 3.57. The topological polar surface area (TPSA) is 44.8 Å². The van der Waals surface area contributed by atoms with E-state index in [0.717, 1.165) is 5.56 Å². The van der Waals surface area contributed by atoms with Crippen LogP contribution in [0.15, 0.2) is 41.9 Å². The highest BCUT2D eigenvalue weighted by atomic mass is 28.4. The number of hydrogen-bond donors (Lipinski definition) is 0. The Bertz CT molecular complexity index is 629. The van der Waals surface area contributed by atoms with E-state index >= 15 is 0 Å². The normalized spacial score (nSPS) is 21.3. The van der Waals surface area contributed by atoms with Crippen LogP contribution in [-0.4, -0.2) is 26.3 Å². The standard InChI is InChI=1S/C19H28O4Si/c1-13(2)21-16-17(20)19(23-24(5,6)7,18(16)22-14(3)4)15-11-9-8-10-12-15/h8-14H,1-7H3. The molecule has 1 aromatic carbocycles. The fraction of sp³-hybridized carbons (Fsp3) is 0.526. The zero-order valence-electron chi connectivity index (χ0n) is 15.7. The lowest BCUT2D eigenvalue weighted by atomic mass is 9.77. The molecule has 0 fully saturated rings. The molecule has 0 saturated carbocycles. The third-order valence-corrected chi connectivity index (χ3v) is 4.32. The summed E-state index contributed by atoms with van der Waals surface area (Å²) in [5.41, 5.74) is -0.385. The van der Waals surface area contributed by atoms with E-state index in [2.05, 4.69) is 19.6 Å². The minimum absolute atomic E-state index is 0.0767. The quantitative estimate of drug-likeness (QED) is 0.686. The van der Waals surface area contributed by atoms with Crippen molar-refractivity contribution in [1.29, 1.82) is 0 Å². The summed E-state index contributed by atoms with van der Waals surface area (Å²) < 4.78 is 18.2. The first-order chi connectivity index (χ1) is 11.1. The van der Waals surface area contributed by atoms with E-state index in [9.17, 15) is 4.79 Å². The molecule has 0 N–H and O–H groups in total. The molecular weight excluding hydrogens is 320 g/mol. The molecule has 0 aliphatic heterocycles. The zero-order chi connectivity index (χ0) is 18.1. The van der Waals surface area contributed by atoms with Gasteiger partial charge in [-0.2, -0.15) is 0 Å². The fourth-order valence-corrected chi connectivity index (χ4v) is 3.95. The van der Waals surface area contributed by atoms with Crippen LogP contribution in [0.1, 0.15) is 33.3 Å². The highest BCUT2D eigenvalue weighted by Crippen LogP contribution is 2.49. The van der Waals surface area contributed by atoms with Gasteiger partial charge in [-0.15, -0.1) is 0 Å². The Kier molecular flexibility index (Phi) is 5.25. The summed E-state index contributed by atoms with van der Waals surface area (Å²) in [6, 6.07) is 9.56.